The molecule has 3 N–H and O–H groups in total. The molecule has 0 unspecified atom stereocenters. The van der Waals surface area contributed by atoms with Crippen molar-refractivity contribution in [3.05, 3.63) is 53.7 Å². The van der Waals surface area contributed by atoms with Gasteiger partial charge < -0.3 is 25.2 Å². The number of para-hydroxylation sites is 2. The van der Waals surface area contributed by atoms with E-state index < -0.39 is 10.0 Å². The molecule has 0 spiro atoms. The maximum absolute atomic E-state index is 12.5. The molecule has 3 aromatic rings. The zero-order chi connectivity index (χ0) is 26.7. The first-order chi connectivity index (χ1) is 18.3. The smallest absolute Gasteiger partial charge is 0.235 e. The SMILES string of the molecule is COc1cc(N2CCCN(C)CC2)ccc1Nc1ncc(Cl)c(Nc2ccccc2NS(=O)(=O)C2CC2)n1. The summed E-state index contributed by atoms with van der Waals surface area (Å²) in [5, 5.41) is 6.32. The zero-order valence-electron chi connectivity index (χ0n) is 21.4. The average Bonchev–Trinajstić information content (AvgIpc) is 3.76. The third kappa shape index (κ3) is 6.23. The molecule has 38 heavy (non-hydrogen) atoms. The van der Waals surface area contributed by atoms with E-state index >= 15 is 0 Å². The maximum atomic E-state index is 12.5. The molecule has 0 amide bonds. The standard InChI is InChI=1S/C26H32ClN7O3S/c1-33-12-5-13-34(15-14-33)18-8-11-23(24(16-18)37-2)30-26-28-17-20(27)25(31-26)29-21-6-3-4-7-22(21)32-38(35,36)19-9-10-19/h3-4,6-8,11,16-17,19,32H,5,9-10,12-15H2,1-2H3,(H2,28,29,30,31). The third-order valence-electron chi connectivity index (χ3n) is 6.66. The lowest BCUT2D eigenvalue weighted by molar-refractivity contribution is 0.360. The monoisotopic (exact) mass is 557 g/mol. The van der Waals surface area contributed by atoms with E-state index in [0.29, 0.717) is 52.4 Å². The predicted octanol–water partition coefficient (Wildman–Crippen LogP) is 4.67. The minimum atomic E-state index is -3.43. The Morgan fingerprint density at radius 1 is 1.00 bits per heavy atom. The minimum Gasteiger partial charge on any atom is -0.494 e. The molecule has 2 aromatic carbocycles. The van der Waals surface area contributed by atoms with Gasteiger partial charge in [-0.1, -0.05) is 23.7 Å². The molecule has 1 saturated carbocycles. The quantitative estimate of drug-likeness (QED) is 0.345. The van der Waals surface area contributed by atoms with Gasteiger partial charge in [0.05, 0.1) is 35.6 Å². The molecular weight excluding hydrogens is 526 g/mol. The highest BCUT2D eigenvalue weighted by Gasteiger charge is 2.36. The summed E-state index contributed by atoms with van der Waals surface area (Å²) >= 11 is 6.40. The summed E-state index contributed by atoms with van der Waals surface area (Å²) in [6, 6.07) is 13.1. The highest BCUT2D eigenvalue weighted by atomic mass is 35.5. The van der Waals surface area contributed by atoms with Gasteiger partial charge in [-0.05, 0) is 57.1 Å². The third-order valence-corrected chi connectivity index (χ3v) is 8.79. The number of likely N-dealkylation sites (N-methyl/N-ethyl adjacent to an activating group) is 1. The molecule has 1 aliphatic heterocycles. The van der Waals surface area contributed by atoms with Gasteiger partial charge in [-0.15, -0.1) is 0 Å². The Bertz CT molecular complexity index is 1400. The number of nitrogens with one attached hydrogen (secondary N) is 3. The van der Waals surface area contributed by atoms with E-state index in [1.807, 2.05) is 12.1 Å². The van der Waals surface area contributed by atoms with Crippen molar-refractivity contribution >= 4 is 56.1 Å². The Balaban J connectivity index is 1.34. The van der Waals surface area contributed by atoms with Gasteiger partial charge in [0.25, 0.3) is 0 Å². The van der Waals surface area contributed by atoms with E-state index in [1.54, 1.807) is 31.4 Å². The van der Waals surface area contributed by atoms with Crippen LogP contribution in [0.15, 0.2) is 48.7 Å². The summed E-state index contributed by atoms with van der Waals surface area (Å²) in [5.74, 6) is 1.33. The molecule has 10 nitrogen and oxygen atoms in total. The predicted molar refractivity (Wildman–Crippen MR) is 153 cm³/mol. The molecule has 2 aliphatic rings. The van der Waals surface area contributed by atoms with Crippen molar-refractivity contribution in [1.29, 1.82) is 0 Å². The second kappa shape index (κ2) is 11.2. The second-order valence-electron chi connectivity index (χ2n) is 9.56. The van der Waals surface area contributed by atoms with Crippen LogP contribution >= 0.6 is 11.6 Å². The number of sulfonamides is 1. The van der Waals surface area contributed by atoms with Gasteiger partial charge in [-0.25, -0.2) is 13.4 Å². The summed E-state index contributed by atoms with van der Waals surface area (Å²) in [5.41, 5.74) is 2.79. The minimum absolute atomic E-state index is 0.295. The first-order valence-corrected chi connectivity index (χ1v) is 14.5. The molecule has 1 saturated heterocycles. The molecule has 0 radical (unpaired) electrons. The van der Waals surface area contributed by atoms with Gasteiger partial charge in [0, 0.05) is 31.4 Å². The van der Waals surface area contributed by atoms with Gasteiger partial charge in [0.2, 0.25) is 16.0 Å². The first kappa shape index (κ1) is 26.3. The number of hydrogen-bond acceptors (Lipinski definition) is 9. The van der Waals surface area contributed by atoms with Gasteiger partial charge in [0.1, 0.15) is 10.8 Å². The van der Waals surface area contributed by atoms with Crippen LogP contribution < -0.4 is 25.0 Å². The molecule has 5 rings (SSSR count). The lowest BCUT2D eigenvalue weighted by atomic mass is 10.2. The van der Waals surface area contributed by atoms with E-state index in [0.717, 1.165) is 38.3 Å². The number of anilines is 6. The number of hydrogen-bond donors (Lipinski definition) is 3. The number of nitrogens with zero attached hydrogens (tertiary/aromatic N) is 4. The highest BCUT2D eigenvalue weighted by molar-refractivity contribution is 7.93. The van der Waals surface area contributed by atoms with Crippen LogP contribution in [0.5, 0.6) is 5.75 Å². The number of halogens is 1. The van der Waals surface area contributed by atoms with Crippen LogP contribution in [0.25, 0.3) is 0 Å². The number of ether oxygens (including phenoxy) is 1. The molecule has 0 atom stereocenters. The lowest BCUT2D eigenvalue weighted by Gasteiger charge is -2.24. The van der Waals surface area contributed by atoms with Gasteiger partial charge in [-0.3, -0.25) is 4.72 Å². The topological polar surface area (TPSA) is 112 Å². The highest BCUT2D eigenvalue weighted by Crippen LogP contribution is 2.35. The van der Waals surface area contributed by atoms with Crippen molar-refractivity contribution in [1.82, 2.24) is 14.9 Å². The average molecular weight is 558 g/mol. The van der Waals surface area contributed by atoms with E-state index in [1.165, 1.54) is 6.20 Å². The second-order valence-corrected chi connectivity index (χ2v) is 11.9. The van der Waals surface area contributed by atoms with E-state index in [4.69, 9.17) is 16.3 Å². The molecule has 202 valence electrons. The van der Waals surface area contributed by atoms with Crippen molar-refractivity contribution < 1.29 is 13.2 Å². The van der Waals surface area contributed by atoms with E-state index in [2.05, 4.69) is 48.2 Å². The van der Waals surface area contributed by atoms with Crippen molar-refractivity contribution in [2.24, 2.45) is 0 Å². The van der Waals surface area contributed by atoms with Crippen molar-refractivity contribution in [2.75, 3.05) is 60.6 Å². The Kier molecular flexibility index (Phi) is 7.78. The zero-order valence-corrected chi connectivity index (χ0v) is 23.0. The van der Waals surface area contributed by atoms with E-state index in [9.17, 15) is 8.42 Å². The molecule has 2 fully saturated rings. The van der Waals surface area contributed by atoms with Crippen molar-refractivity contribution in [2.45, 2.75) is 24.5 Å². The fraction of sp³-hybridized carbons (Fsp3) is 0.385. The number of benzene rings is 2. The fourth-order valence-electron chi connectivity index (χ4n) is 4.34. The maximum Gasteiger partial charge on any atom is 0.235 e. The van der Waals surface area contributed by atoms with Gasteiger partial charge >= 0.3 is 0 Å². The number of aromatic nitrogens is 2. The number of methoxy groups -OCH3 is 1. The summed E-state index contributed by atoms with van der Waals surface area (Å²) in [4.78, 5) is 13.6. The Morgan fingerprint density at radius 2 is 1.79 bits per heavy atom. The van der Waals surface area contributed by atoms with Crippen LogP contribution in [0.4, 0.5) is 34.5 Å². The normalized spacial score (nSPS) is 16.6. The molecule has 1 aliphatic carbocycles. The summed E-state index contributed by atoms with van der Waals surface area (Å²) in [6.07, 6.45) is 3.96. The van der Waals surface area contributed by atoms with Crippen LogP contribution in [0, 0.1) is 0 Å². The Hall–Kier alpha value is -3.28. The Labute approximate surface area is 228 Å². The van der Waals surface area contributed by atoms with Crippen LogP contribution in [0.1, 0.15) is 19.3 Å². The van der Waals surface area contributed by atoms with Crippen LogP contribution in [-0.2, 0) is 10.0 Å². The summed E-state index contributed by atoms with van der Waals surface area (Å²) < 4.78 is 33.3. The molecule has 0 bridgehead atoms. The largest absolute Gasteiger partial charge is 0.494 e. The summed E-state index contributed by atoms with van der Waals surface area (Å²) in [6.45, 7) is 4.06. The Morgan fingerprint density at radius 3 is 2.55 bits per heavy atom. The van der Waals surface area contributed by atoms with Crippen LogP contribution in [-0.4, -0.2) is 68.9 Å². The lowest BCUT2D eigenvalue weighted by Crippen LogP contribution is -2.28. The summed E-state index contributed by atoms with van der Waals surface area (Å²) in [7, 11) is 0.359. The molecule has 1 aromatic heterocycles. The van der Waals surface area contributed by atoms with Gasteiger partial charge in [-0.2, -0.15) is 4.98 Å². The number of rotatable bonds is 9. The fourth-order valence-corrected chi connectivity index (χ4v) is 5.89. The van der Waals surface area contributed by atoms with Crippen LogP contribution in [0.3, 0.4) is 0 Å². The molecular formula is C26H32ClN7O3S. The van der Waals surface area contributed by atoms with Crippen LogP contribution in [0.2, 0.25) is 5.02 Å². The molecule has 2 heterocycles. The van der Waals surface area contributed by atoms with Gasteiger partial charge in [0.15, 0.2) is 5.82 Å². The first-order valence-electron chi connectivity index (χ1n) is 12.6. The van der Waals surface area contributed by atoms with Crippen molar-refractivity contribution in [3.8, 4) is 5.75 Å². The van der Waals surface area contributed by atoms with Crippen molar-refractivity contribution in [3.63, 3.8) is 0 Å². The van der Waals surface area contributed by atoms with E-state index in [-0.39, 0.29) is 5.25 Å². The molecule has 12 heteroatoms.